The van der Waals surface area contributed by atoms with Crippen molar-refractivity contribution in [2.45, 2.75) is 49.7 Å². The first-order chi connectivity index (χ1) is 20.3. The quantitative estimate of drug-likeness (QED) is 0.212. The van der Waals surface area contributed by atoms with Crippen LogP contribution in [0.15, 0.2) is 121 Å². The van der Waals surface area contributed by atoms with E-state index in [0.29, 0.717) is 5.69 Å². The van der Waals surface area contributed by atoms with E-state index in [-0.39, 0.29) is 6.61 Å². The van der Waals surface area contributed by atoms with Gasteiger partial charge in [-0.3, -0.25) is 0 Å². The standard InChI is InChI=1S/C36H37NO5/c1-35(2)41-33(34(42-35)32(39)30-23-25-15-13-14-22-29(25)37(30)3)31(38)24-40-36(26-16-7-4-8-17-26,27-18-9-5-10-19-27)28-20-11-6-12-21-28/h4-23,31-34,38-39H,24H2,1-3H3/t31-,32+,33-,34+/m1/s1. The molecule has 0 spiro atoms. The lowest BCUT2D eigenvalue weighted by Crippen LogP contribution is -2.44. The summed E-state index contributed by atoms with van der Waals surface area (Å²) in [5.41, 5.74) is 3.50. The summed E-state index contributed by atoms with van der Waals surface area (Å²) in [6.45, 7) is 3.52. The van der Waals surface area contributed by atoms with Crippen LogP contribution >= 0.6 is 0 Å². The molecule has 1 fully saturated rings. The lowest BCUT2D eigenvalue weighted by atomic mass is 9.80. The molecule has 5 aromatic rings. The summed E-state index contributed by atoms with van der Waals surface area (Å²) in [4.78, 5) is 0. The molecule has 0 unspecified atom stereocenters. The van der Waals surface area contributed by atoms with E-state index in [1.54, 1.807) is 13.8 Å². The van der Waals surface area contributed by atoms with Gasteiger partial charge in [-0.15, -0.1) is 0 Å². The minimum absolute atomic E-state index is 0.0683. The minimum Gasteiger partial charge on any atom is -0.388 e. The number of aryl methyl sites for hydroxylation is 1. The fourth-order valence-corrected chi connectivity index (χ4v) is 6.20. The fourth-order valence-electron chi connectivity index (χ4n) is 6.20. The molecule has 216 valence electrons. The number of aliphatic hydroxyl groups excluding tert-OH is 2. The Bertz CT molecular complexity index is 1520. The summed E-state index contributed by atoms with van der Waals surface area (Å²) in [5, 5.41) is 24.4. The highest BCUT2D eigenvalue weighted by Gasteiger charge is 2.50. The van der Waals surface area contributed by atoms with Crippen LogP contribution in [0.1, 0.15) is 42.3 Å². The summed E-state index contributed by atoms with van der Waals surface area (Å²) < 4.78 is 21.3. The molecule has 0 saturated carbocycles. The predicted molar refractivity (Wildman–Crippen MR) is 163 cm³/mol. The van der Waals surface area contributed by atoms with Crippen LogP contribution in [-0.4, -0.2) is 45.5 Å². The molecule has 0 amide bonds. The van der Waals surface area contributed by atoms with Gasteiger partial charge in [0.1, 0.15) is 30.0 Å². The summed E-state index contributed by atoms with van der Waals surface area (Å²) in [6, 6.07) is 40.0. The Morgan fingerprint density at radius 2 is 1.21 bits per heavy atom. The van der Waals surface area contributed by atoms with Crippen LogP contribution in [0.5, 0.6) is 0 Å². The highest BCUT2D eigenvalue weighted by Crippen LogP contribution is 2.42. The van der Waals surface area contributed by atoms with Gasteiger partial charge in [0, 0.05) is 12.6 Å². The van der Waals surface area contributed by atoms with Gasteiger partial charge in [0.15, 0.2) is 5.79 Å². The Labute approximate surface area is 246 Å². The van der Waals surface area contributed by atoms with E-state index in [1.807, 2.05) is 133 Å². The number of nitrogens with zero attached hydrogens (tertiary/aromatic N) is 1. The van der Waals surface area contributed by atoms with Crippen molar-refractivity contribution < 1.29 is 24.4 Å². The van der Waals surface area contributed by atoms with Crippen molar-refractivity contribution in [2.75, 3.05) is 6.61 Å². The summed E-state index contributed by atoms with van der Waals surface area (Å²) in [6.07, 6.45) is -3.79. The zero-order chi connectivity index (χ0) is 29.3. The maximum atomic E-state index is 11.7. The maximum absolute atomic E-state index is 11.7. The molecular weight excluding hydrogens is 526 g/mol. The Morgan fingerprint density at radius 1 is 0.738 bits per heavy atom. The highest BCUT2D eigenvalue weighted by atomic mass is 16.8. The summed E-state index contributed by atoms with van der Waals surface area (Å²) in [5.74, 6) is -1.00. The van der Waals surface area contributed by atoms with Crippen molar-refractivity contribution in [3.8, 4) is 0 Å². The van der Waals surface area contributed by atoms with E-state index in [4.69, 9.17) is 14.2 Å². The molecule has 1 saturated heterocycles. The molecule has 6 heteroatoms. The van der Waals surface area contributed by atoms with Gasteiger partial charge in [-0.1, -0.05) is 109 Å². The molecule has 4 aromatic carbocycles. The zero-order valence-corrected chi connectivity index (χ0v) is 24.1. The number of hydrogen-bond acceptors (Lipinski definition) is 5. The molecule has 2 N–H and O–H groups in total. The van der Waals surface area contributed by atoms with Crippen molar-refractivity contribution >= 4 is 10.9 Å². The first kappa shape index (κ1) is 28.3. The molecule has 0 bridgehead atoms. The number of rotatable bonds is 9. The Balaban J connectivity index is 1.35. The third kappa shape index (κ3) is 5.17. The van der Waals surface area contributed by atoms with Gasteiger partial charge in [-0.25, -0.2) is 0 Å². The number of aliphatic hydroxyl groups is 2. The van der Waals surface area contributed by atoms with Gasteiger partial charge >= 0.3 is 0 Å². The topological polar surface area (TPSA) is 73.1 Å². The second-order valence-electron chi connectivity index (χ2n) is 11.4. The van der Waals surface area contributed by atoms with Crippen molar-refractivity contribution in [1.82, 2.24) is 4.57 Å². The molecule has 4 atom stereocenters. The number of ether oxygens (including phenoxy) is 3. The van der Waals surface area contributed by atoms with Crippen molar-refractivity contribution in [3.05, 3.63) is 144 Å². The van der Waals surface area contributed by atoms with Crippen LogP contribution in [0.2, 0.25) is 0 Å². The molecule has 1 aromatic heterocycles. The lowest BCUT2D eigenvalue weighted by molar-refractivity contribution is -0.165. The number of para-hydroxylation sites is 1. The van der Waals surface area contributed by atoms with Crippen LogP contribution in [0.4, 0.5) is 0 Å². The monoisotopic (exact) mass is 563 g/mol. The van der Waals surface area contributed by atoms with Gasteiger partial charge in [0.25, 0.3) is 0 Å². The highest BCUT2D eigenvalue weighted by molar-refractivity contribution is 5.81. The van der Waals surface area contributed by atoms with Gasteiger partial charge in [-0.05, 0) is 48.1 Å². The smallest absolute Gasteiger partial charge is 0.164 e. The van der Waals surface area contributed by atoms with E-state index in [0.717, 1.165) is 27.6 Å². The molecule has 2 heterocycles. The third-order valence-electron chi connectivity index (χ3n) is 8.16. The predicted octanol–water partition coefficient (Wildman–Crippen LogP) is 6.10. The molecule has 1 aliphatic rings. The molecule has 0 radical (unpaired) electrons. The van der Waals surface area contributed by atoms with Crippen LogP contribution in [0, 0.1) is 0 Å². The Morgan fingerprint density at radius 3 is 1.74 bits per heavy atom. The van der Waals surface area contributed by atoms with E-state index in [9.17, 15) is 10.2 Å². The molecule has 6 rings (SSSR count). The second kappa shape index (κ2) is 11.5. The first-order valence-corrected chi connectivity index (χ1v) is 14.4. The van der Waals surface area contributed by atoms with Crippen molar-refractivity contribution in [1.29, 1.82) is 0 Å². The molecule has 6 nitrogen and oxygen atoms in total. The number of hydrogen-bond donors (Lipinski definition) is 2. The van der Waals surface area contributed by atoms with Crippen molar-refractivity contribution in [3.63, 3.8) is 0 Å². The number of aromatic nitrogens is 1. The average molecular weight is 564 g/mol. The SMILES string of the molecule is Cn1c([C@H](O)[C@@H]2OC(C)(C)O[C@@H]2[C@H](O)COC(c2ccccc2)(c2ccccc2)c2ccccc2)cc2ccccc21. The molecular formula is C36H37NO5. The normalized spacial score (nSPS) is 20.0. The largest absolute Gasteiger partial charge is 0.388 e. The van der Waals surface area contributed by atoms with Gasteiger partial charge in [-0.2, -0.15) is 0 Å². The summed E-state index contributed by atoms with van der Waals surface area (Å²) in [7, 11) is 1.92. The number of fused-ring (bicyclic) bond motifs is 1. The minimum atomic E-state index is -1.10. The third-order valence-corrected chi connectivity index (χ3v) is 8.16. The van der Waals surface area contributed by atoms with E-state index >= 15 is 0 Å². The van der Waals surface area contributed by atoms with Crippen LogP contribution in [0.3, 0.4) is 0 Å². The zero-order valence-electron chi connectivity index (χ0n) is 24.1. The molecule has 0 aliphatic carbocycles. The Hall–Kier alpha value is -3.78. The fraction of sp³-hybridized carbons (Fsp3) is 0.278. The van der Waals surface area contributed by atoms with Gasteiger partial charge in [0.05, 0.1) is 12.3 Å². The van der Waals surface area contributed by atoms with Crippen LogP contribution < -0.4 is 0 Å². The Kier molecular flexibility index (Phi) is 7.75. The second-order valence-corrected chi connectivity index (χ2v) is 11.4. The lowest BCUT2D eigenvalue weighted by Gasteiger charge is -2.37. The van der Waals surface area contributed by atoms with Crippen LogP contribution in [-0.2, 0) is 26.9 Å². The summed E-state index contributed by atoms with van der Waals surface area (Å²) >= 11 is 0. The van der Waals surface area contributed by atoms with E-state index in [2.05, 4.69) is 0 Å². The van der Waals surface area contributed by atoms with Gasteiger partial charge < -0.3 is 29.0 Å². The number of benzene rings is 4. The molecule has 42 heavy (non-hydrogen) atoms. The maximum Gasteiger partial charge on any atom is 0.164 e. The van der Waals surface area contributed by atoms with Crippen LogP contribution in [0.25, 0.3) is 10.9 Å². The first-order valence-electron chi connectivity index (χ1n) is 14.4. The van der Waals surface area contributed by atoms with E-state index < -0.39 is 35.8 Å². The van der Waals surface area contributed by atoms with Crippen molar-refractivity contribution in [2.24, 2.45) is 7.05 Å². The molecule has 1 aliphatic heterocycles. The van der Waals surface area contributed by atoms with Gasteiger partial charge in [0.2, 0.25) is 0 Å². The van der Waals surface area contributed by atoms with E-state index in [1.165, 1.54) is 0 Å². The average Bonchev–Trinajstić information content (AvgIpc) is 3.54.